The largest absolute Gasteiger partial charge is 0.422 e. The summed E-state index contributed by atoms with van der Waals surface area (Å²) in [5, 5.41) is 3.45. The van der Waals surface area contributed by atoms with E-state index >= 15 is 0 Å². The van der Waals surface area contributed by atoms with Crippen LogP contribution in [0.5, 0.6) is 0 Å². The molecule has 0 atom stereocenters. The van der Waals surface area contributed by atoms with Gasteiger partial charge < -0.3 is 9.32 Å². The van der Waals surface area contributed by atoms with Gasteiger partial charge >= 0.3 is 5.63 Å². The normalized spacial score (nSPS) is 10.7. The van der Waals surface area contributed by atoms with Crippen LogP contribution in [-0.4, -0.2) is 35.8 Å². The molecule has 0 spiro atoms. The number of nitrogens with zero attached hydrogens (tertiary/aromatic N) is 2. The second-order valence-electron chi connectivity index (χ2n) is 5.57. The van der Waals surface area contributed by atoms with E-state index in [1.165, 1.54) is 11.0 Å². The summed E-state index contributed by atoms with van der Waals surface area (Å²) in [6.45, 7) is 1.69. The van der Waals surface area contributed by atoms with Gasteiger partial charge in [0.25, 0.3) is 11.8 Å². The molecule has 3 aromatic rings. The molecular weight excluding hydrogens is 342 g/mol. The number of aromatic nitrogens is 1. The highest BCUT2D eigenvalue weighted by Crippen LogP contribution is 2.24. The van der Waals surface area contributed by atoms with E-state index < -0.39 is 11.5 Å². The Kier molecular flexibility index (Phi) is 4.37. The maximum Gasteiger partial charge on any atom is 0.349 e. The Hall–Kier alpha value is -3.00. The third kappa shape index (κ3) is 3.29. The lowest BCUT2D eigenvalue weighted by molar-refractivity contribution is 0.0831. The molecule has 0 saturated carbocycles. The molecule has 2 heterocycles. The number of rotatable bonds is 3. The predicted molar refractivity (Wildman–Crippen MR) is 95.3 cm³/mol. The zero-order valence-electron chi connectivity index (χ0n) is 13.8. The number of amides is 2. The van der Waals surface area contributed by atoms with E-state index in [2.05, 4.69) is 10.3 Å². The van der Waals surface area contributed by atoms with Gasteiger partial charge in [0, 0.05) is 19.5 Å². The summed E-state index contributed by atoms with van der Waals surface area (Å²) in [4.78, 5) is 42.5. The van der Waals surface area contributed by atoms with Crippen LogP contribution in [0.25, 0.3) is 11.0 Å². The van der Waals surface area contributed by atoms with E-state index in [1.807, 2.05) is 0 Å². The van der Waals surface area contributed by atoms with Crippen molar-refractivity contribution in [3.05, 3.63) is 56.9 Å². The fourth-order valence-electron chi connectivity index (χ4n) is 2.24. The topological polar surface area (TPSA) is 92.5 Å². The number of anilines is 1. The van der Waals surface area contributed by atoms with Crippen LogP contribution in [0.3, 0.4) is 0 Å². The van der Waals surface area contributed by atoms with Crippen molar-refractivity contribution in [1.29, 1.82) is 0 Å². The lowest BCUT2D eigenvalue weighted by Gasteiger charge is -2.07. The number of fused-ring (bicyclic) bond motifs is 1. The smallest absolute Gasteiger partial charge is 0.349 e. The monoisotopic (exact) mass is 357 g/mol. The molecule has 0 aliphatic rings. The Morgan fingerprint density at radius 1 is 1.24 bits per heavy atom. The van der Waals surface area contributed by atoms with Gasteiger partial charge in [-0.3, -0.25) is 14.9 Å². The predicted octanol–water partition coefficient (Wildman–Crippen LogP) is 2.51. The Morgan fingerprint density at radius 2 is 1.96 bits per heavy atom. The van der Waals surface area contributed by atoms with Crippen molar-refractivity contribution in [2.75, 3.05) is 19.4 Å². The molecular formula is C17H15N3O4S. The number of hydrogen-bond acceptors (Lipinski definition) is 6. The number of aryl methyl sites for hydroxylation is 1. The standard InChI is InChI=1S/C17H15N3O4S/c1-9-13(15(22)20(2)3)25-17(18-9)19-14(21)11-8-10-6-4-5-7-12(10)24-16(11)23/h4-8H,1-3H3,(H,18,19,21). The summed E-state index contributed by atoms with van der Waals surface area (Å²) in [6.07, 6.45) is 0. The van der Waals surface area contributed by atoms with E-state index in [0.717, 1.165) is 11.3 Å². The van der Waals surface area contributed by atoms with E-state index in [1.54, 1.807) is 45.3 Å². The number of para-hydroxylation sites is 1. The van der Waals surface area contributed by atoms with Crippen molar-refractivity contribution in [3.63, 3.8) is 0 Å². The lowest BCUT2D eigenvalue weighted by atomic mass is 10.2. The van der Waals surface area contributed by atoms with Gasteiger partial charge in [0.1, 0.15) is 16.0 Å². The SMILES string of the molecule is Cc1nc(NC(=O)c2cc3ccccc3oc2=O)sc1C(=O)N(C)C. The molecule has 2 aromatic heterocycles. The molecule has 0 aliphatic carbocycles. The van der Waals surface area contributed by atoms with Gasteiger partial charge in [-0.2, -0.15) is 0 Å². The summed E-state index contributed by atoms with van der Waals surface area (Å²) in [6, 6.07) is 8.40. The average molecular weight is 357 g/mol. The summed E-state index contributed by atoms with van der Waals surface area (Å²) in [7, 11) is 3.28. The molecule has 0 fully saturated rings. The average Bonchev–Trinajstić information content (AvgIpc) is 2.93. The summed E-state index contributed by atoms with van der Waals surface area (Å²) < 4.78 is 5.16. The Labute approximate surface area is 146 Å². The minimum atomic E-state index is -0.728. The van der Waals surface area contributed by atoms with Crippen molar-refractivity contribution >= 4 is 39.3 Å². The zero-order valence-corrected chi connectivity index (χ0v) is 14.6. The number of carbonyl (C=O) groups excluding carboxylic acids is 2. The van der Waals surface area contributed by atoms with Gasteiger partial charge in [-0.15, -0.1) is 0 Å². The second-order valence-corrected chi connectivity index (χ2v) is 6.57. The molecule has 8 heteroatoms. The molecule has 1 aromatic carbocycles. The fraction of sp³-hybridized carbons (Fsp3) is 0.176. The summed E-state index contributed by atoms with van der Waals surface area (Å²) >= 11 is 1.06. The summed E-state index contributed by atoms with van der Waals surface area (Å²) in [5.41, 5.74) is 0.0821. The molecule has 0 saturated heterocycles. The van der Waals surface area contributed by atoms with E-state index in [9.17, 15) is 14.4 Å². The molecule has 0 radical (unpaired) electrons. The quantitative estimate of drug-likeness (QED) is 0.727. The van der Waals surface area contributed by atoms with Crippen LogP contribution in [0.1, 0.15) is 25.7 Å². The molecule has 1 N–H and O–H groups in total. The summed E-state index contributed by atoms with van der Waals surface area (Å²) in [5.74, 6) is -0.821. The first kappa shape index (κ1) is 16.8. The van der Waals surface area contributed by atoms with Gasteiger partial charge in [0.15, 0.2) is 5.13 Å². The first-order chi connectivity index (χ1) is 11.9. The third-order valence-electron chi connectivity index (χ3n) is 3.50. The molecule has 0 aliphatic heterocycles. The van der Waals surface area contributed by atoms with Crippen LogP contribution in [0, 0.1) is 6.92 Å². The van der Waals surface area contributed by atoms with E-state index in [0.29, 0.717) is 21.5 Å². The van der Waals surface area contributed by atoms with Gasteiger partial charge in [0.2, 0.25) is 0 Å². The van der Waals surface area contributed by atoms with Crippen LogP contribution < -0.4 is 10.9 Å². The van der Waals surface area contributed by atoms with Gasteiger partial charge in [0.05, 0.1) is 5.69 Å². The highest BCUT2D eigenvalue weighted by molar-refractivity contribution is 7.17. The minimum absolute atomic E-state index is 0.118. The second kappa shape index (κ2) is 6.48. The maximum atomic E-state index is 12.4. The van der Waals surface area contributed by atoms with Crippen molar-refractivity contribution in [2.24, 2.45) is 0 Å². The highest BCUT2D eigenvalue weighted by atomic mass is 32.1. The van der Waals surface area contributed by atoms with Crippen LogP contribution in [0.4, 0.5) is 5.13 Å². The van der Waals surface area contributed by atoms with Crippen molar-refractivity contribution in [1.82, 2.24) is 9.88 Å². The minimum Gasteiger partial charge on any atom is -0.422 e. The Morgan fingerprint density at radius 3 is 2.68 bits per heavy atom. The van der Waals surface area contributed by atoms with Gasteiger partial charge in [-0.05, 0) is 19.1 Å². The van der Waals surface area contributed by atoms with Crippen LogP contribution >= 0.6 is 11.3 Å². The first-order valence-electron chi connectivity index (χ1n) is 7.40. The van der Waals surface area contributed by atoms with Crippen molar-refractivity contribution in [2.45, 2.75) is 6.92 Å². The van der Waals surface area contributed by atoms with Crippen molar-refractivity contribution < 1.29 is 14.0 Å². The molecule has 25 heavy (non-hydrogen) atoms. The number of nitrogens with one attached hydrogen (secondary N) is 1. The third-order valence-corrected chi connectivity index (χ3v) is 4.56. The van der Waals surface area contributed by atoms with Crippen molar-refractivity contribution in [3.8, 4) is 0 Å². The maximum absolute atomic E-state index is 12.4. The molecule has 0 unspecified atom stereocenters. The Balaban J connectivity index is 1.90. The molecule has 3 rings (SSSR count). The zero-order chi connectivity index (χ0) is 18.1. The molecule has 2 amide bonds. The number of benzene rings is 1. The van der Waals surface area contributed by atoms with Gasteiger partial charge in [-0.1, -0.05) is 29.5 Å². The number of carbonyl (C=O) groups is 2. The van der Waals surface area contributed by atoms with E-state index in [-0.39, 0.29) is 16.6 Å². The van der Waals surface area contributed by atoms with E-state index in [4.69, 9.17) is 4.42 Å². The Bertz CT molecular complexity index is 1040. The van der Waals surface area contributed by atoms with Crippen LogP contribution in [-0.2, 0) is 0 Å². The number of thiazole rings is 1. The van der Waals surface area contributed by atoms with Crippen LogP contribution in [0.15, 0.2) is 39.5 Å². The van der Waals surface area contributed by atoms with Crippen LogP contribution in [0.2, 0.25) is 0 Å². The lowest BCUT2D eigenvalue weighted by Crippen LogP contribution is -2.21. The first-order valence-corrected chi connectivity index (χ1v) is 8.22. The number of hydrogen-bond donors (Lipinski definition) is 1. The fourth-order valence-corrected chi connectivity index (χ4v) is 3.22. The van der Waals surface area contributed by atoms with Gasteiger partial charge in [-0.25, -0.2) is 9.78 Å². The molecule has 128 valence electrons. The highest BCUT2D eigenvalue weighted by Gasteiger charge is 2.20. The molecule has 7 nitrogen and oxygen atoms in total. The molecule has 0 bridgehead atoms.